The quantitative estimate of drug-likeness (QED) is 0.481. The molecule has 3 nitrogen and oxygen atoms in total. The third kappa shape index (κ3) is 0.824. The third-order valence-electron chi connectivity index (χ3n) is 0.786. The fraction of sp³-hybridized carbons (Fsp3) is 0.750. The minimum absolute atomic E-state index is 0.193. The summed E-state index contributed by atoms with van der Waals surface area (Å²) < 4.78 is 0. The van der Waals surface area contributed by atoms with E-state index in [-0.39, 0.29) is 6.09 Å². The molecule has 0 aromatic carbocycles. The summed E-state index contributed by atoms with van der Waals surface area (Å²) in [5, 5.41) is 1.33. The zero-order valence-corrected chi connectivity index (χ0v) is 4.18. The van der Waals surface area contributed by atoms with E-state index in [9.17, 15) is 4.79 Å². The molecule has 1 amide bonds. The summed E-state index contributed by atoms with van der Waals surface area (Å²) in [7, 11) is 0. The van der Waals surface area contributed by atoms with Gasteiger partial charge in [0.25, 0.3) is 0 Å². The summed E-state index contributed by atoms with van der Waals surface area (Å²) in [4.78, 5) is 14.3. The van der Waals surface area contributed by atoms with Crippen molar-refractivity contribution < 1.29 is 9.63 Å². The molecule has 1 heterocycles. The molecule has 0 radical (unpaired) electrons. The molecular weight excluding hydrogens is 94.0 g/mol. The van der Waals surface area contributed by atoms with Crippen molar-refractivity contribution in [2.75, 3.05) is 6.54 Å². The van der Waals surface area contributed by atoms with E-state index >= 15 is 0 Å². The Balaban J connectivity index is 2.09. The molecule has 0 spiro atoms. The van der Waals surface area contributed by atoms with Crippen molar-refractivity contribution in [3.63, 3.8) is 0 Å². The fourth-order valence-electron chi connectivity index (χ4n) is 0.414. The second-order valence-corrected chi connectivity index (χ2v) is 1.46. The van der Waals surface area contributed by atoms with Crippen molar-refractivity contribution in [2.45, 2.75) is 13.3 Å². The van der Waals surface area contributed by atoms with Gasteiger partial charge in [0.05, 0.1) is 6.54 Å². The van der Waals surface area contributed by atoms with E-state index in [0.29, 0.717) is 0 Å². The minimum atomic E-state index is -0.193. The molecule has 0 aromatic rings. The monoisotopic (exact) mass is 101 g/mol. The summed E-state index contributed by atoms with van der Waals surface area (Å²) in [6, 6.07) is 0. The summed E-state index contributed by atoms with van der Waals surface area (Å²) in [6.45, 7) is 2.73. The highest BCUT2D eigenvalue weighted by Gasteiger charge is 2.32. The Morgan fingerprint density at radius 1 is 1.86 bits per heavy atom. The first-order valence-corrected chi connectivity index (χ1v) is 2.34. The highest BCUT2D eigenvalue weighted by molar-refractivity contribution is 5.76. The molecule has 3 heteroatoms. The van der Waals surface area contributed by atoms with Crippen LogP contribution in [0.3, 0.4) is 0 Å². The molecule has 1 fully saturated rings. The molecule has 0 unspecified atom stereocenters. The highest BCUT2D eigenvalue weighted by Crippen LogP contribution is 2.10. The maximum absolute atomic E-state index is 9.98. The van der Waals surface area contributed by atoms with Gasteiger partial charge in [-0.25, -0.2) is 4.79 Å². The predicted octanol–water partition coefficient (Wildman–Crippen LogP) is 0.764. The van der Waals surface area contributed by atoms with E-state index in [0.717, 1.165) is 13.0 Å². The van der Waals surface area contributed by atoms with E-state index in [2.05, 4.69) is 4.84 Å². The average Bonchev–Trinajstić information content (AvgIpc) is 2.22. The molecule has 0 atom stereocenters. The molecule has 40 valence electrons. The Labute approximate surface area is 41.8 Å². The van der Waals surface area contributed by atoms with Gasteiger partial charge in [0.2, 0.25) is 0 Å². The molecule has 0 aliphatic carbocycles. The van der Waals surface area contributed by atoms with Crippen LogP contribution in [0.1, 0.15) is 13.3 Å². The number of amides is 1. The number of rotatable bonds is 2. The minimum Gasteiger partial charge on any atom is -0.314 e. The van der Waals surface area contributed by atoms with Gasteiger partial charge in [-0.3, -0.25) is 0 Å². The molecule has 0 N–H and O–H groups in total. The third-order valence-corrected chi connectivity index (χ3v) is 0.786. The zero-order chi connectivity index (χ0) is 5.28. The van der Waals surface area contributed by atoms with Crippen molar-refractivity contribution in [3.8, 4) is 0 Å². The standard InChI is InChI=1S/C4H7NO2/c1-2-3-5-4(6)7-5/h2-3H2,1H3. The van der Waals surface area contributed by atoms with Gasteiger partial charge in [0, 0.05) is 0 Å². The van der Waals surface area contributed by atoms with Crippen LogP contribution in [0.5, 0.6) is 0 Å². The molecular formula is C4H7NO2. The molecule has 1 aliphatic heterocycles. The van der Waals surface area contributed by atoms with Gasteiger partial charge in [0.15, 0.2) is 0 Å². The maximum atomic E-state index is 9.98. The largest absolute Gasteiger partial charge is 0.468 e. The first-order chi connectivity index (χ1) is 3.34. The Hall–Kier alpha value is -0.730. The maximum Gasteiger partial charge on any atom is 0.468 e. The summed E-state index contributed by atoms with van der Waals surface area (Å²) >= 11 is 0. The predicted molar refractivity (Wildman–Crippen MR) is 23.5 cm³/mol. The number of hydroxylamine groups is 2. The van der Waals surface area contributed by atoms with Crippen molar-refractivity contribution >= 4 is 6.09 Å². The lowest BCUT2D eigenvalue weighted by atomic mass is 10.5. The first kappa shape index (κ1) is 4.43. The highest BCUT2D eigenvalue weighted by atomic mass is 16.9. The topological polar surface area (TPSA) is 32.6 Å². The first-order valence-electron chi connectivity index (χ1n) is 2.34. The smallest absolute Gasteiger partial charge is 0.314 e. The van der Waals surface area contributed by atoms with Crippen molar-refractivity contribution in [2.24, 2.45) is 0 Å². The van der Waals surface area contributed by atoms with Crippen molar-refractivity contribution in [1.82, 2.24) is 5.06 Å². The Bertz CT molecular complexity index is 91.7. The van der Waals surface area contributed by atoms with E-state index < -0.39 is 0 Å². The van der Waals surface area contributed by atoms with Gasteiger partial charge in [-0.15, -0.1) is 5.06 Å². The number of hydrogen-bond acceptors (Lipinski definition) is 2. The SMILES string of the molecule is CCCN1OC1=O. The van der Waals surface area contributed by atoms with Crippen molar-refractivity contribution in [3.05, 3.63) is 0 Å². The second kappa shape index (κ2) is 1.40. The Kier molecular flexibility index (Phi) is 0.889. The van der Waals surface area contributed by atoms with Gasteiger partial charge >= 0.3 is 6.09 Å². The molecule has 7 heavy (non-hydrogen) atoms. The number of hydrogen-bond donors (Lipinski definition) is 0. The van der Waals surface area contributed by atoms with E-state index in [1.165, 1.54) is 5.06 Å². The van der Waals surface area contributed by atoms with Crippen LogP contribution in [0.4, 0.5) is 4.79 Å². The van der Waals surface area contributed by atoms with Gasteiger partial charge in [-0.05, 0) is 6.42 Å². The van der Waals surface area contributed by atoms with Crippen LogP contribution in [0.2, 0.25) is 0 Å². The molecule has 0 aromatic heterocycles. The van der Waals surface area contributed by atoms with Crippen LogP contribution in [0, 0.1) is 0 Å². The molecule has 1 aliphatic rings. The fourth-order valence-corrected chi connectivity index (χ4v) is 0.414. The van der Waals surface area contributed by atoms with Gasteiger partial charge in [0.1, 0.15) is 0 Å². The summed E-state index contributed by atoms with van der Waals surface area (Å²) in [6.07, 6.45) is 0.771. The van der Waals surface area contributed by atoms with Crippen LogP contribution in [0.15, 0.2) is 0 Å². The molecule has 0 saturated carbocycles. The number of carbonyl (C=O) groups excluding carboxylic acids is 1. The molecule has 1 saturated heterocycles. The van der Waals surface area contributed by atoms with E-state index in [1.807, 2.05) is 6.92 Å². The molecule has 0 bridgehead atoms. The summed E-state index contributed by atoms with van der Waals surface area (Å²) in [5.41, 5.74) is 0. The van der Waals surface area contributed by atoms with Gasteiger partial charge in [-0.2, -0.15) is 0 Å². The molecule has 1 rings (SSSR count). The van der Waals surface area contributed by atoms with Crippen LogP contribution in [-0.2, 0) is 4.84 Å². The average molecular weight is 101 g/mol. The van der Waals surface area contributed by atoms with Crippen LogP contribution < -0.4 is 0 Å². The number of carbonyl (C=O) groups is 1. The lowest BCUT2D eigenvalue weighted by Gasteiger charge is -1.82. The normalized spacial score (nSPS) is 16.7. The van der Waals surface area contributed by atoms with Gasteiger partial charge < -0.3 is 4.84 Å². The zero-order valence-electron chi connectivity index (χ0n) is 4.18. The lowest BCUT2D eigenvalue weighted by molar-refractivity contribution is 0.200. The van der Waals surface area contributed by atoms with E-state index in [4.69, 9.17) is 0 Å². The van der Waals surface area contributed by atoms with Crippen LogP contribution >= 0.6 is 0 Å². The van der Waals surface area contributed by atoms with E-state index in [1.54, 1.807) is 0 Å². The van der Waals surface area contributed by atoms with Crippen molar-refractivity contribution in [1.29, 1.82) is 0 Å². The number of nitrogens with zero attached hydrogens (tertiary/aromatic N) is 1. The van der Waals surface area contributed by atoms with Crippen LogP contribution in [-0.4, -0.2) is 17.7 Å². The van der Waals surface area contributed by atoms with Gasteiger partial charge in [-0.1, -0.05) is 6.92 Å². The van der Waals surface area contributed by atoms with Crippen LogP contribution in [0.25, 0.3) is 0 Å². The Morgan fingerprint density at radius 3 is 2.57 bits per heavy atom. The second-order valence-electron chi connectivity index (χ2n) is 1.46. The Morgan fingerprint density at radius 2 is 2.43 bits per heavy atom. The lowest BCUT2D eigenvalue weighted by Crippen LogP contribution is -1.96. The summed E-state index contributed by atoms with van der Waals surface area (Å²) in [5.74, 6) is 0.